The maximum Gasteiger partial charge on any atom is 0.313 e. The van der Waals surface area contributed by atoms with E-state index in [9.17, 15) is 4.79 Å². The molecular formula is C15H27NO2. The number of carbonyl (C=O) groups is 1. The van der Waals surface area contributed by atoms with Gasteiger partial charge in [0.2, 0.25) is 0 Å². The molecule has 2 fully saturated rings. The number of ether oxygens (including phenoxy) is 1. The third-order valence-corrected chi connectivity index (χ3v) is 4.91. The Bertz CT molecular complexity index is 297. The molecule has 1 saturated carbocycles. The van der Waals surface area contributed by atoms with Crippen LogP contribution < -0.4 is 5.32 Å². The van der Waals surface area contributed by atoms with Gasteiger partial charge in [-0.1, -0.05) is 13.8 Å². The van der Waals surface area contributed by atoms with Gasteiger partial charge in [0.15, 0.2) is 0 Å². The molecule has 0 aromatic heterocycles. The van der Waals surface area contributed by atoms with E-state index in [0.29, 0.717) is 5.92 Å². The van der Waals surface area contributed by atoms with Crippen LogP contribution in [0.1, 0.15) is 52.9 Å². The number of hydrogen-bond donors (Lipinski definition) is 1. The summed E-state index contributed by atoms with van der Waals surface area (Å²) in [4.78, 5) is 12.3. The van der Waals surface area contributed by atoms with Gasteiger partial charge in [0.1, 0.15) is 6.10 Å². The van der Waals surface area contributed by atoms with Gasteiger partial charge in [0.25, 0.3) is 0 Å². The molecule has 1 N–H and O–H groups in total. The highest BCUT2D eigenvalue weighted by Gasteiger charge is 2.38. The van der Waals surface area contributed by atoms with Gasteiger partial charge in [-0.2, -0.15) is 0 Å². The summed E-state index contributed by atoms with van der Waals surface area (Å²) in [6, 6.07) is 0. The van der Waals surface area contributed by atoms with Crippen LogP contribution in [0, 0.1) is 17.3 Å². The first-order valence-electron chi connectivity index (χ1n) is 7.43. The van der Waals surface area contributed by atoms with Crippen LogP contribution in [0.2, 0.25) is 0 Å². The van der Waals surface area contributed by atoms with Crippen LogP contribution in [0.3, 0.4) is 0 Å². The van der Waals surface area contributed by atoms with Crippen molar-refractivity contribution in [1.29, 1.82) is 0 Å². The van der Waals surface area contributed by atoms with Crippen LogP contribution in [-0.4, -0.2) is 25.2 Å². The third-order valence-electron chi connectivity index (χ3n) is 4.91. The maximum atomic E-state index is 12.3. The zero-order valence-electron chi connectivity index (χ0n) is 12.0. The molecule has 0 amide bonds. The van der Waals surface area contributed by atoms with Crippen molar-refractivity contribution in [1.82, 2.24) is 5.32 Å². The average molecular weight is 253 g/mol. The minimum absolute atomic E-state index is 0.0152. The Morgan fingerprint density at radius 1 is 1.28 bits per heavy atom. The van der Waals surface area contributed by atoms with Crippen molar-refractivity contribution in [2.45, 2.75) is 59.0 Å². The fourth-order valence-electron chi connectivity index (χ4n) is 3.13. The maximum absolute atomic E-state index is 12.3. The van der Waals surface area contributed by atoms with Crippen LogP contribution in [0.4, 0.5) is 0 Å². The summed E-state index contributed by atoms with van der Waals surface area (Å²) in [6.45, 7) is 8.41. The molecule has 0 radical (unpaired) electrons. The number of carbonyl (C=O) groups excluding carboxylic acids is 1. The van der Waals surface area contributed by atoms with E-state index in [1.165, 1.54) is 6.42 Å². The van der Waals surface area contributed by atoms with Gasteiger partial charge in [0.05, 0.1) is 5.41 Å². The first-order chi connectivity index (χ1) is 8.51. The quantitative estimate of drug-likeness (QED) is 0.769. The van der Waals surface area contributed by atoms with Crippen LogP contribution in [-0.2, 0) is 9.53 Å². The van der Waals surface area contributed by atoms with Gasteiger partial charge >= 0.3 is 5.97 Å². The molecule has 1 aliphatic carbocycles. The topological polar surface area (TPSA) is 38.3 Å². The van der Waals surface area contributed by atoms with Crippen LogP contribution in [0.15, 0.2) is 0 Å². The van der Waals surface area contributed by atoms with Gasteiger partial charge in [-0.15, -0.1) is 0 Å². The Labute approximate surface area is 111 Å². The lowest BCUT2D eigenvalue weighted by Gasteiger charge is -2.36. The number of piperidine rings is 1. The molecule has 2 rings (SSSR count). The zero-order chi connectivity index (χ0) is 13.2. The fraction of sp³-hybridized carbons (Fsp3) is 0.933. The predicted octanol–water partition coefficient (Wildman–Crippen LogP) is 2.74. The zero-order valence-corrected chi connectivity index (χ0v) is 12.0. The number of esters is 1. The van der Waals surface area contributed by atoms with Gasteiger partial charge in [-0.3, -0.25) is 4.79 Å². The van der Waals surface area contributed by atoms with Crippen molar-refractivity contribution in [3.8, 4) is 0 Å². The van der Waals surface area contributed by atoms with E-state index in [0.717, 1.165) is 44.7 Å². The smallest absolute Gasteiger partial charge is 0.313 e. The van der Waals surface area contributed by atoms with Crippen molar-refractivity contribution < 1.29 is 9.53 Å². The molecule has 0 bridgehead atoms. The van der Waals surface area contributed by atoms with E-state index < -0.39 is 0 Å². The Morgan fingerprint density at radius 3 is 2.67 bits per heavy atom. The summed E-state index contributed by atoms with van der Waals surface area (Å²) >= 11 is 0. The molecule has 1 heterocycles. The molecule has 3 heteroatoms. The van der Waals surface area contributed by atoms with Crippen molar-refractivity contribution in [3.63, 3.8) is 0 Å². The molecule has 4 atom stereocenters. The summed E-state index contributed by atoms with van der Waals surface area (Å²) in [5, 5.41) is 3.31. The molecular weight excluding hydrogens is 226 g/mol. The monoisotopic (exact) mass is 253 g/mol. The molecule has 104 valence electrons. The summed E-state index contributed by atoms with van der Waals surface area (Å²) in [5.41, 5.74) is -0.301. The SMILES string of the molecule is CC1CCC(OC(=O)C2(C)CCCNC2)CC1C. The van der Waals surface area contributed by atoms with E-state index in [2.05, 4.69) is 19.2 Å². The molecule has 0 spiro atoms. The van der Waals surface area contributed by atoms with Crippen LogP contribution in [0.25, 0.3) is 0 Å². The van der Waals surface area contributed by atoms with Gasteiger partial charge < -0.3 is 10.1 Å². The summed E-state index contributed by atoms with van der Waals surface area (Å²) in [5.74, 6) is 1.46. The van der Waals surface area contributed by atoms with Crippen molar-refractivity contribution in [2.24, 2.45) is 17.3 Å². The van der Waals surface area contributed by atoms with E-state index in [1.54, 1.807) is 0 Å². The fourth-order valence-corrected chi connectivity index (χ4v) is 3.13. The number of nitrogens with one attached hydrogen (secondary N) is 1. The molecule has 0 aromatic carbocycles. The highest BCUT2D eigenvalue weighted by molar-refractivity contribution is 5.77. The number of hydrogen-bond acceptors (Lipinski definition) is 3. The van der Waals surface area contributed by atoms with E-state index in [-0.39, 0.29) is 17.5 Å². The summed E-state index contributed by atoms with van der Waals surface area (Å²) < 4.78 is 5.77. The highest BCUT2D eigenvalue weighted by Crippen LogP contribution is 2.33. The Kier molecular flexibility index (Phi) is 4.31. The van der Waals surface area contributed by atoms with Gasteiger partial charge in [0, 0.05) is 6.54 Å². The van der Waals surface area contributed by atoms with Crippen molar-refractivity contribution in [3.05, 3.63) is 0 Å². The van der Waals surface area contributed by atoms with Gasteiger partial charge in [-0.25, -0.2) is 0 Å². The minimum Gasteiger partial charge on any atom is -0.462 e. The third kappa shape index (κ3) is 3.05. The first-order valence-corrected chi connectivity index (χ1v) is 7.43. The Balaban J connectivity index is 1.87. The van der Waals surface area contributed by atoms with E-state index >= 15 is 0 Å². The summed E-state index contributed by atoms with van der Waals surface area (Å²) in [6.07, 6.45) is 5.45. The van der Waals surface area contributed by atoms with Gasteiger partial charge in [-0.05, 0) is 57.4 Å². The summed E-state index contributed by atoms with van der Waals surface area (Å²) in [7, 11) is 0. The molecule has 3 nitrogen and oxygen atoms in total. The standard InChI is InChI=1S/C15H27NO2/c1-11-5-6-13(9-12(11)2)18-14(17)15(3)7-4-8-16-10-15/h11-13,16H,4-10H2,1-3H3. The Morgan fingerprint density at radius 2 is 2.06 bits per heavy atom. The largest absolute Gasteiger partial charge is 0.462 e. The van der Waals surface area contributed by atoms with Crippen LogP contribution in [0.5, 0.6) is 0 Å². The molecule has 1 aliphatic heterocycles. The van der Waals surface area contributed by atoms with E-state index in [1.807, 2.05) is 6.92 Å². The lowest BCUT2D eigenvalue weighted by Crippen LogP contribution is -2.45. The van der Waals surface area contributed by atoms with Crippen molar-refractivity contribution in [2.75, 3.05) is 13.1 Å². The normalized spacial score (nSPS) is 41.4. The lowest BCUT2D eigenvalue weighted by atomic mass is 9.79. The second-order valence-corrected chi connectivity index (χ2v) is 6.64. The minimum atomic E-state index is -0.301. The number of rotatable bonds is 2. The molecule has 18 heavy (non-hydrogen) atoms. The van der Waals surface area contributed by atoms with Crippen molar-refractivity contribution >= 4 is 5.97 Å². The van der Waals surface area contributed by atoms with E-state index in [4.69, 9.17) is 4.74 Å². The second kappa shape index (κ2) is 5.60. The first kappa shape index (κ1) is 13.9. The van der Waals surface area contributed by atoms with Crippen LogP contribution >= 0.6 is 0 Å². The molecule has 4 unspecified atom stereocenters. The molecule has 0 aromatic rings. The molecule has 1 saturated heterocycles. The Hall–Kier alpha value is -0.570. The lowest BCUT2D eigenvalue weighted by molar-refractivity contribution is -0.164. The highest BCUT2D eigenvalue weighted by atomic mass is 16.5. The predicted molar refractivity (Wildman–Crippen MR) is 72.3 cm³/mol. The molecule has 2 aliphatic rings. The average Bonchev–Trinajstić information content (AvgIpc) is 2.35. The second-order valence-electron chi connectivity index (χ2n) is 6.64.